The number of likely N-dealkylation sites (N-methyl/N-ethyl adjacent to an activating group) is 1. The zero-order valence-corrected chi connectivity index (χ0v) is 18.5. The third-order valence-corrected chi connectivity index (χ3v) is 6.33. The number of hydrogen-bond donors (Lipinski definition) is 0. The van der Waals surface area contributed by atoms with Gasteiger partial charge in [0.05, 0.1) is 19.4 Å². The van der Waals surface area contributed by atoms with Crippen molar-refractivity contribution >= 4 is 67.9 Å². The molecule has 0 atom stereocenters. The molecule has 0 saturated carbocycles. The van der Waals surface area contributed by atoms with Gasteiger partial charge in [0.25, 0.3) is 5.91 Å². The number of aromatic nitrogens is 1. The molecule has 0 fully saturated rings. The Labute approximate surface area is 182 Å². The number of carbonyl (C=O) groups is 1. The standard InChI is InChI=1S/C18H18ClN3O3S2.ClH/c1-21(2)5-6-22(17(23)14-3-4-16(19)26-14)18-20-11-9-12-13(10-15(11)27-18)25-8-7-24-12;/h3-4,9-10H,5-8H2,1-2H3;1H. The Balaban J connectivity index is 0.00000225. The van der Waals surface area contributed by atoms with E-state index in [4.69, 9.17) is 26.1 Å². The minimum atomic E-state index is -0.0925. The molecule has 0 saturated heterocycles. The number of thiazole rings is 1. The maximum Gasteiger partial charge on any atom is 0.270 e. The van der Waals surface area contributed by atoms with Crippen molar-refractivity contribution in [3.8, 4) is 11.5 Å². The largest absolute Gasteiger partial charge is 0.486 e. The molecule has 2 aromatic heterocycles. The Kier molecular flexibility index (Phi) is 6.67. The summed E-state index contributed by atoms with van der Waals surface area (Å²) in [6.07, 6.45) is 0. The normalized spacial score (nSPS) is 12.9. The molecule has 4 rings (SSSR count). The number of benzene rings is 1. The summed E-state index contributed by atoms with van der Waals surface area (Å²) in [6, 6.07) is 7.30. The quantitative estimate of drug-likeness (QED) is 0.565. The van der Waals surface area contributed by atoms with Crippen molar-refractivity contribution in [2.45, 2.75) is 0 Å². The third-order valence-electron chi connectivity index (χ3n) is 4.07. The van der Waals surface area contributed by atoms with Crippen molar-refractivity contribution in [1.82, 2.24) is 9.88 Å². The Morgan fingerprint density at radius 2 is 1.86 bits per heavy atom. The van der Waals surface area contributed by atoms with Gasteiger partial charge in [-0.3, -0.25) is 9.69 Å². The number of anilines is 1. The van der Waals surface area contributed by atoms with Crippen LogP contribution in [0.25, 0.3) is 10.2 Å². The van der Waals surface area contributed by atoms with Crippen molar-refractivity contribution < 1.29 is 14.3 Å². The molecular weight excluding hydrogens is 441 g/mol. The monoisotopic (exact) mass is 459 g/mol. The number of fused-ring (bicyclic) bond motifs is 2. The van der Waals surface area contributed by atoms with E-state index in [9.17, 15) is 4.79 Å². The van der Waals surface area contributed by atoms with Gasteiger partial charge in [-0.2, -0.15) is 0 Å². The van der Waals surface area contributed by atoms with Gasteiger partial charge in [-0.05, 0) is 26.2 Å². The predicted octanol–water partition coefficient (Wildman–Crippen LogP) is 4.41. The molecule has 10 heteroatoms. The maximum atomic E-state index is 13.1. The van der Waals surface area contributed by atoms with Crippen LogP contribution in [0.15, 0.2) is 24.3 Å². The van der Waals surface area contributed by atoms with Gasteiger partial charge in [0.15, 0.2) is 16.6 Å². The zero-order chi connectivity index (χ0) is 19.0. The summed E-state index contributed by atoms with van der Waals surface area (Å²) in [5, 5.41) is 0.656. The fraction of sp³-hybridized carbons (Fsp3) is 0.333. The van der Waals surface area contributed by atoms with Gasteiger partial charge >= 0.3 is 0 Å². The molecule has 1 amide bonds. The first-order valence-corrected chi connectivity index (χ1v) is 10.4. The molecule has 3 aromatic rings. The summed E-state index contributed by atoms with van der Waals surface area (Å²) in [7, 11) is 3.96. The predicted molar refractivity (Wildman–Crippen MR) is 117 cm³/mol. The molecular formula is C18H19Cl2N3O3S2. The second kappa shape index (κ2) is 8.84. The molecule has 0 N–H and O–H groups in total. The van der Waals surface area contributed by atoms with Crippen molar-refractivity contribution in [2.75, 3.05) is 45.3 Å². The molecule has 3 heterocycles. The van der Waals surface area contributed by atoms with E-state index in [-0.39, 0.29) is 18.3 Å². The highest BCUT2D eigenvalue weighted by Gasteiger charge is 2.24. The van der Waals surface area contributed by atoms with E-state index in [1.54, 1.807) is 17.0 Å². The molecule has 0 radical (unpaired) electrons. The first kappa shape index (κ1) is 21.1. The molecule has 28 heavy (non-hydrogen) atoms. The van der Waals surface area contributed by atoms with Gasteiger partial charge in [0, 0.05) is 25.2 Å². The highest BCUT2D eigenvalue weighted by molar-refractivity contribution is 7.22. The van der Waals surface area contributed by atoms with E-state index in [0.717, 1.165) is 22.5 Å². The van der Waals surface area contributed by atoms with Crippen LogP contribution in [0.4, 0.5) is 5.13 Å². The fourth-order valence-corrected chi connectivity index (χ4v) is 4.71. The molecule has 150 valence electrons. The number of carbonyl (C=O) groups excluding carboxylic acids is 1. The van der Waals surface area contributed by atoms with Crippen LogP contribution in [-0.2, 0) is 0 Å². The van der Waals surface area contributed by atoms with Crippen LogP contribution in [0.1, 0.15) is 9.67 Å². The summed E-state index contributed by atoms with van der Waals surface area (Å²) >= 11 is 8.77. The number of ether oxygens (including phenoxy) is 2. The zero-order valence-electron chi connectivity index (χ0n) is 15.3. The first-order valence-electron chi connectivity index (χ1n) is 8.43. The lowest BCUT2D eigenvalue weighted by Crippen LogP contribution is -2.36. The molecule has 1 aliphatic rings. The van der Waals surface area contributed by atoms with Gasteiger partial charge < -0.3 is 14.4 Å². The molecule has 0 bridgehead atoms. The van der Waals surface area contributed by atoms with Crippen LogP contribution in [0.5, 0.6) is 11.5 Å². The molecule has 1 aromatic carbocycles. The third kappa shape index (κ3) is 4.36. The Bertz CT molecular complexity index is 947. The van der Waals surface area contributed by atoms with Gasteiger partial charge in [-0.1, -0.05) is 22.9 Å². The summed E-state index contributed by atoms with van der Waals surface area (Å²) < 4.78 is 12.8. The minimum Gasteiger partial charge on any atom is -0.486 e. The molecule has 0 unspecified atom stereocenters. The summed E-state index contributed by atoms with van der Waals surface area (Å²) in [5.74, 6) is 1.33. The van der Waals surface area contributed by atoms with Crippen LogP contribution < -0.4 is 14.4 Å². The molecule has 1 aliphatic heterocycles. The van der Waals surface area contributed by atoms with Gasteiger partial charge in [-0.25, -0.2) is 4.98 Å². The summed E-state index contributed by atoms with van der Waals surface area (Å²) in [5.41, 5.74) is 0.797. The topological polar surface area (TPSA) is 54.9 Å². The van der Waals surface area contributed by atoms with E-state index in [2.05, 4.69) is 0 Å². The Morgan fingerprint density at radius 1 is 1.14 bits per heavy atom. The highest BCUT2D eigenvalue weighted by Crippen LogP contribution is 2.39. The Hall–Kier alpha value is -1.58. The van der Waals surface area contributed by atoms with Crippen molar-refractivity contribution in [2.24, 2.45) is 0 Å². The minimum absolute atomic E-state index is 0. The second-order valence-corrected chi connectivity index (χ2v) is 9.05. The molecule has 6 nitrogen and oxygen atoms in total. The first-order chi connectivity index (χ1) is 13.0. The number of halogens is 2. The molecule has 0 spiro atoms. The summed E-state index contributed by atoms with van der Waals surface area (Å²) in [6.45, 7) is 2.33. The van der Waals surface area contributed by atoms with Crippen LogP contribution in [-0.4, -0.2) is 56.2 Å². The van der Waals surface area contributed by atoms with E-state index in [0.29, 0.717) is 39.9 Å². The fourth-order valence-electron chi connectivity index (χ4n) is 2.71. The number of thiophene rings is 1. The smallest absolute Gasteiger partial charge is 0.270 e. The van der Waals surface area contributed by atoms with E-state index in [1.807, 2.05) is 31.1 Å². The van der Waals surface area contributed by atoms with E-state index >= 15 is 0 Å². The van der Waals surface area contributed by atoms with Gasteiger partial charge in [0.1, 0.15) is 13.2 Å². The van der Waals surface area contributed by atoms with Gasteiger partial charge in [0.2, 0.25) is 0 Å². The number of nitrogens with zero attached hydrogens (tertiary/aromatic N) is 3. The number of amides is 1. The summed E-state index contributed by atoms with van der Waals surface area (Å²) in [4.78, 5) is 22.1. The number of rotatable bonds is 5. The SMILES string of the molecule is CN(C)CCN(C(=O)c1ccc(Cl)s1)c1nc2cc3c(cc2s1)OCCO3.Cl. The highest BCUT2D eigenvalue weighted by atomic mass is 35.5. The maximum absolute atomic E-state index is 13.1. The van der Waals surface area contributed by atoms with Crippen LogP contribution >= 0.6 is 46.7 Å². The van der Waals surface area contributed by atoms with E-state index in [1.165, 1.54) is 22.7 Å². The molecule has 0 aliphatic carbocycles. The number of hydrogen-bond acceptors (Lipinski definition) is 7. The van der Waals surface area contributed by atoms with Crippen LogP contribution in [0, 0.1) is 0 Å². The van der Waals surface area contributed by atoms with Crippen molar-refractivity contribution in [3.63, 3.8) is 0 Å². The van der Waals surface area contributed by atoms with Crippen LogP contribution in [0.3, 0.4) is 0 Å². The average molecular weight is 460 g/mol. The van der Waals surface area contributed by atoms with Gasteiger partial charge in [-0.15, -0.1) is 23.7 Å². The van der Waals surface area contributed by atoms with Crippen molar-refractivity contribution in [3.05, 3.63) is 33.5 Å². The van der Waals surface area contributed by atoms with Crippen molar-refractivity contribution in [1.29, 1.82) is 0 Å². The Morgan fingerprint density at radius 3 is 2.50 bits per heavy atom. The second-order valence-electron chi connectivity index (χ2n) is 6.32. The van der Waals surface area contributed by atoms with E-state index < -0.39 is 0 Å². The lowest BCUT2D eigenvalue weighted by Gasteiger charge is -2.21. The lowest BCUT2D eigenvalue weighted by molar-refractivity contribution is 0.0989. The lowest BCUT2D eigenvalue weighted by atomic mass is 10.3. The average Bonchev–Trinajstić information content (AvgIpc) is 3.25. The van der Waals surface area contributed by atoms with Crippen LogP contribution in [0.2, 0.25) is 4.34 Å².